The van der Waals surface area contributed by atoms with Crippen LogP contribution >= 0.6 is 0 Å². The number of rotatable bonds is 5. The number of nitrogens with one attached hydrogen (secondary N) is 1. The molecule has 0 radical (unpaired) electrons. The first-order valence-corrected chi connectivity index (χ1v) is 5.95. The minimum atomic E-state index is -1.39. The summed E-state index contributed by atoms with van der Waals surface area (Å²) in [6.07, 6.45) is 0.694. The fraction of sp³-hybridized carbons (Fsp3) is 0.400. The van der Waals surface area contributed by atoms with Crippen molar-refractivity contribution in [3.05, 3.63) is 29.8 Å². The van der Waals surface area contributed by atoms with Crippen molar-refractivity contribution >= 4 is 10.8 Å². The smallest absolute Gasteiger partial charge is 0.142 e. The molecule has 15 heavy (non-hydrogen) atoms. The van der Waals surface area contributed by atoms with Crippen molar-refractivity contribution in [3.63, 3.8) is 0 Å². The molecule has 0 aliphatic heterocycles. The molecular weight excluding hydrogens is 220 g/mol. The first kappa shape index (κ1) is 12.3. The molecule has 0 fully saturated rings. The molecule has 1 aromatic carbocycles. The van der Waals surface area contributed by atoms with Crippen LogP contribution in [-0.2, 0) is 10.8 Å². The third-order valence-electron chi connectivity index (χ3n) is 1.90. The van der Waals surface area contributed by atoms with Gasteiger partial charge >= 0.3 is 0 Å². The van der Waals surface area contributed by atoms with Crippen LogP contribution in [0.3, 0.4) is 0 Å². The first-order valence-electron chi connectivity index (χ1n) is 4.63. The lowest BCUT2D eigenvalue weighted by Gasteiger charge is -2.03. The lowest BCUT2D eigenvalue weighted by atomic mass is 10.3. The summed E-state index contributed by atoms with van der Waals surface area (Å²) >= 11 is 0. The van der Waals surface area contributed by atoms with Gasteiger partial charge in [0.15, 0.2) is 0 Å². The fourth-order valence-electron chi connectivity index (χ4n) is 1.15. The van der Waals surface area contributed by atoms with E-state index in [0.717, 1.165) is 18.7 Å². The molecule has 0 aliphatic rings. The van der Waals surface area contributed by atoms with Crippen LogP contribution in [0, 0.1) is 11.6 Å². The Bertz CT molecular complexity index is 357. The average molecular weight is 233 g/mol. The highest BCUT2D eigenvalue weighted by atomic mass is 32.2. The molecule has 1 rings (SSSR count). The van der Waals surface area contributed by atoms with Gasteiger partial charge in [-0.3, -0.25) is 4.21 Å². The summed E-state index contributed by atoms with van der Waals surface area (Å²) in [6, 6.07) is 3.11. The molecule has 2 nitrogen and oxygen atoms in total. The summed E-state index contributed by atoms with van der Waals surface area (Å²) in [6.45, 7) is 0.731. The zero-order chi connectivity index (χ0) is 11.3. The van der Waals surface area contributed by atoms with Crippen LogP contribution in [-0.4, -0.2) is 23.6 Å². The molecular formula is C10H13F2NOS. The average Bonchev–Trinajstić information content (AvgIpc) is 2.17. The Morgan fingerprint density at radius 1 is 1.40 bits per heavy atom. The standard InChI is InChI=1S/C10H13F2NOS/c1-13-5-2-6-15(14)10-4-3-8(11)7-9(10)12/h3-4,7,13H,2,5-6H2,1H3. The van der Waals surface area contributed by atoms with Crippen LogP contribution in [0.4, 0.5) is 8.78 Å². The second kappa shape index (κ2) is 5.92. The van der Waals surface area contributed by atoms with Gasteiger partial charge in [-0.05, 0) is 32.1 Å². The molecule has 0 spiro atoms. The van der Waals surface area contributed by atoms with E-state index in [1.54, 1.807) is 7.05 Å². The molecule has 0 saturated heterocycles. The zero-order valence-corrected chi connectivity index (χ0v) is 9.24. The maximum atomic E-state index is 13.2. The van der Waals surface area contributed by atoms with Crippen LogP contribution in [0.2, 0.25) is 0 Å². The van der Waals surface area contributed by atoms with E-state index in [4.69, 9.17) is 0 Å². The van der Waals surface area contributed by atoms with E-state index in [2.05, 4.69) is 5.32 Å². The molecule has 0 aromatic heterocycles. The summed E-state index contributed by atoms with van der Waals surface area (Å²) in [5.74, 6) is -1.01. The van der Waals surface area contributed by atoms with E-state index in [-0.39, 0.29) is 4.90 Å². The van der Waals surface area contributed by atoms with E-state index in [0.29, 0.717) is 12.2 Å². The van der Waals surface area contributed by atoms with Crippen molar-refractivity contribution in [2.75, 3.05) is 19.3 Å². The molecule has 0 heterocycles. The van der Waals surface area contributed by atoms with Crippen molar-refractivity contribution in [1.29, 1.82) is 0 Å². The van der Waals surface area contributed by atoms with Crippen LogP contribution in [0.5, 0.6) is 0 Å². The van der Waals surface area contributed by atoms with Gasteiger partial charge < -0.3 is 5.32 Å². The Morgan fingerprint density at radius 3 is 2.73 bits per heavy atom. The summed E-state index contributed by atoms with van der Waals surface area (Å²) in [5, 5.41) is 2.91. The molecule has 0 amide bonds. The lowest BCUT2D eigenvalue weighted by Crippen LogP contribution is -2.11. The van der Waals surface area contributed by atoms with Gasteiger partial charge in [0.1, 0.15) is 11.6 Å². The van der Waals surface area contributed by atoms with E-state index in [9.17, 15) is 13.0 Å². The SMILES string of the molecule is CNCCCS(=O)c1ccc(F)cc1F. The maximum Gasteiger partial charge on any atom is 0.142 e. The minimum Gasteiger partial charge on any atom is -0.320 e. The van der Waals surface area contributed by atoms with Crippen molar-refractivity contribution in [2.45, 2.75) is 11.3 Å². The highest BCUT2D eigenvalue weighted by Gasteiger charge is 2.10. The van der Waals surface area contributed by atoms with Gasteiger partial charge in [-0.25, -0.2) is 8.78 Å². The zero-order valence-electron chi connectivity index (χ0n) is 8.43. The summed E-state index contributed by atoms with van der Waals surface area (Å²) in [4.78, 5) is 0.0764. The molecule has 0 saturated carbocycles. The van der Waals surface area contributed by atoms with E-state index < -0.39 is 22.4 Å². The number of hydrogen-bond acceptors (Lipinski definition) is 2. The molecule has 0 aliphatic carbocycles. The number of hydrogen-bond donors (Lipinski definition) is 1. The molecule has 0 bridgehead atoms. The Labute approximate surface area is 90.1 Å². The highest BCUT2D eigenvalue weighted by molar-refractivity contribution is 7.85. The topological polar surface area (TPSA) is 29.1 Å². The third kappa shape index (κ3) is 3.68. The summed E-state index contributed by atoms with van der Waals surface area (Å²) in [5.41, 5.74) is 0. The molecule has 5 heteroatoms. The van der Waals surface area contributed by atoms with Crippen LogP contribution < -0.4 is 5.32 Å². The van der Waals surface area contributed by atoms with Gasteiger partial charge in [0.25, 0.3) is 0 Å². The normalized spacial score (nSPS) is 12.7. The van der Waals surface area contributed by atoms with Gasteiger partial charge in [0.05, 0.1) is 15.7 Å². The maximum absolute atomic E-state index is 13.2. The Hall–Kier alpha value is -0.810. The molecule has 1 aromatic rings. The molecule has 1 N–H and O–H groups in total. The number of halogens is 2. The van der Waals surface area contributed by atoms with Crippen LogP contribution in [0.1, 0.15) is 6.42 Å². The third-order valence-corrected chi connectivity index (χ3v) is 3.38. The quantitative estimate of drug-likeness (QED) is 0.784. The minimum absolute atomic E-state index is 0.0764. The van der Waals surface area contributed by atoms with Gasteiger partial charge in [-0.2, -0.15) is 0 Å². The molecule has 84 valence electrons. The van der Waals surface area contributed by atoms with E-state index in [1.807, 2.05) is 0 Å². The van der Waals surface area contributed by atoms with E-state index in [1.165, 1.54) is 6.07 Å². The second-order valence-corrected chi connectivity index (χ2v) is 4.62. The Morgan fingerprint density at radius 2 is 2.13 bits per heavy atom. The predicted octanol–water partition coefficient (Wildman–Crippen LogP) is 1.68. The lowest BCUT2D eigenvalue weighted by molar-refractivity contribution is 0.562. The highest BCUT2D eigenvalue weighted by Crippen LogP contribution is 2.14. The molecule has 1 atom stereocenters. The van der Waals surface area contributed by atoms with Crippen LogP contribution in [0.15, 0.2) is 23.1 Å². The number of benzene rings is 1. The van der Waals surface area contributed by atoms with Gasteiger partial charge in [-0.15, -0.1) is 0 Å². The summed E-state index contributed by atoms with van der Waals surface area (Å²) in [7, 11) is 0.407. The Kier molecular flexibility index (Phi) is 4.84. The predicted molar refractivity (Wildman–Crippen MR) is 56.2 cm³/mol. The van der Waals surface area contributed by atoms with Gasteiger partial charge in [0, 0.05) is 11.8 Å². The largest absolute Gasteiger partial charge is 0.320 e. The van der Waals surface area contributed by atoms with Crippen LogP contribution in [0.25, 0.3) is 0 Å². The Balaban J connectivity index is 2.65. The second-order valence-electron chi connectivity index (χ2n) is 3.08. The van der Waals surface area contributed by atoms with Crippen molar-refractivity contribution in [1.82, 2.24) is 5.32 Å². The van der Waals surface area contributed by atoms with E-state index >= 15 is 0 Å². The fourth-order valence-corrected chi connectivity index (χ4v) is 2.27. The van der Waals surface area contributed by atoms with Crippen molar-refractivity contribution in [3.8, 4) is 0 Å². The van der Waals surface area contributed by atoms with Gasteiger partial charge in [0.2, 0.25) is 0 Å². The monoisotopic (exact) mass is 233 g/mol. The van der Waals surface area contributed by atoms with Crippen molar-refractivity contribution in [2.24, 2.45) is 0 Å². The van der Waals surface area contributed by atoms with Gasteiger partial charge in [-0.1, -0.05) is 0 Å². The van der Waals surface area contributed by atoms with Crippen molar-refractivity contribution < 1.29 is 13.0 Å². The first-order chi connectivity index (χ1) is 7.15. The molecule has 1 unspecified atom stereocenters. The summed E-state index contributed by atoms with van der Waals surface area (Å²) < 4.78 is 37.3.